The topological polar surface area (TPSA) is 62.5 Å². The summed E-state index contributed by atoms with van der Waals surface area (Å²) in [5.41, 5.74) is 3.07. The summed E-state index contributed by atoms with van der Waals surface area (Å²) < 4.78 is 5.47. The molecular weight excluding hydrogens is 364 g/mol. The first-order valence-corrected chi connectivity index (χ1v) is 10.0. The molecule has 1 unspecified atom stereocenters. The number of carbonyl (C=O) groups is 1. The average Bonchev–Trinajstić information content (AvgIpc) is 3.22. The van der Waals surface area contributed by atoms with Crippen LogP contribution in [0.2, 0.25) is 0 Å². The molecule has 0 bridgehead atoms. The quantitative estimate of drug-likeness (QED) is 0.661. The van der Waals surface area contributed by atoms with Crippen LogP contribution in [-0.2, 0) is 11.3 Å². The third kappa shape index (κ3) is 4.54. The first-order valence-electron chi connectivity index (χ1n) is 10.0. The van der Waals surface area contributed by atoms with Crippen LogP contribution in [0.4, 0.5) is 5.69 Å². The van der Waals surface area contributed by atoms with Crippen LogP contribution in [0.5, 0.6) is 0 Å². The molecule has 0 N–H and O–H groups in total. The highest BCUT2D eigenvalue weighted by Gasteiger charge is 2.29. The predicted molar refractivity (Wildman–Crippen MR) is 112 cm³/mol. The van der Waals surface area contributed by atoms with Crippen molar-refractivity contribution in [3.05, 3.63) is 66.1 Å². The molecule has 29 heavy (non-hydrogen) atoms. The minimum absolute atomic E-state index is 0.0200. The molecule has 4 rings (SSSR count). The summed E-state index contributed by atoms with van der Waals surface area (Å²) in [6, 6.07) is 17.9. The molecule has 1 aromatic heterocycles. The lowest BCUT2D eigenvalue weighted by molar-refractivity contribution is -0.123. The fourth-order valence-corrected chi connectivity index (χ4v) is 3.78. The molecule has 2 heterocycles. The van der Waals surface area contributed by atoms with E-state index in [-0.39, 0.29) is 11.8 Å². The Bertz CT molecular complexity index is 953. The highest BCUT2D eigenvalue weighted by Crippen LogP contribution is 2.23. The van der Waals surface area contributed by atoms with Crippen molar-refractivity contribution in [3.63, 3.8) is 0 Å². The molecule has 1 saturated heterocycles. The number of carbonyl (C=O) groups excluding carboxylic acids is 1. The van der Waals surface area contributed by atoms with Gasteiger partial charge in [-0.05, 0) is 38.4 Å². The molecule has 0 aliphatic carbocycles. The van der Waals surface area contributed by atoms with Crippen molar-refractivity contribution in [3.8, 4) is 11.4 Å². The Labute approximate surface area is 171 Å². The van der Waals surface area contributed by atoms with Crippen LogP contribution < -0.4 is 4.90 Å². The number of aromatic nitrogens is 2. The number of amides is 1. The molecule has 0 spiro atoms. The molecule has 2 aromatic carbocycles. The molecule has 1 atom stereocenters. The van der Waals surface area contributed by atoms with E-state index in [1.165, 1.54) is 5.56 Å². The Morgan fingerprint density at radius 1 is 1.17 bits per heavy atom. The summed E-state index contributed by atoms with van der Waals surface area (Å²) >= 11 is 0. The maximum atomic E-state index is 13.0. The van der Waals surface area contributed by atoms with Crippen LogP contribution in [0.3, 0.4) is 0 Å². The van der Waals surface area contributed by atoms with Crippen molar-refractivity contribution in [1.29, 1.82) is 0 Å². The lowest BCUT2D eigenvalue weighted by Crippen LogP contribution is -2.43. The number of likely N-dealkylation sites (tertiary alicyclic amines) is 1. The third-order valence-electron chi connectivity index (χ3n) is 5.47. The van der Waals surface area contributed by atoms with Crippen LogP contribution in [0, 0.1) is 12.8 Å². The Morgan fingerprint density at radius 2 is 1.93 bits per heavy atom. The van der Waals surface area contributed by atoms with Crippen LogP contribution >= 0.6 is 0 Å². The van der Waals surface area contributed by atoms with Crippen molar-refractivity contribution in [2.75, 3.05) is 25.0 Å². The minimum Gasteiger partial charge on any atom is -0.338 e. The largest absolute Gasteiger partial charge is 0.338 e. The van der Waals surface area contributed by atoms with Gasteiger partial charge >= 0.3 is 0 Å². The second kappa shape index (κ2) is 8.57. The second-order valence-electron chi connectivity index (χ2n) is 7.68. The average molecular weight is 390 g/mol. The molecule has 6 heteroatoms. The summed E-state index contributed by atoms with van der Waals surface area (Å²) in [5, 5.41) is 4.12. The van der Waals surface area contributed by atoms with Gasteiger partial charge < -0.3 is 9.42 Å². The first-order chi connectivity index (χ1) is 14.1. The molecule has 1 aliphatic rings. The Morgan fingerprint density at radius 3 is 2.69 bits per heavy atom. The van der Waals surface area contributed by atoms with Gasteiger partial charge in [-0.1, -0.05) is 53.2 Å². The Balaban J connectivity index is 1.39. The number of benzene rings is 2. The van der Waals surface area contributed by atoms with E-state index in [0.717, 1.165) is 30.6 Å². The molecule has 3 aromatic rings. The van der Waals surface area contributed by atoms with Gasteiger partial charge in [-0.2, -0.15) is 4.98 Å². The minimum atomic E-state index is -0.0200. The summed E-state index contributed by atoms with van der Waals surface area (Å²) in [5.74, 6) is 1.33. The van der Waals surface area contributed by atoms with Gasteiger partial charge in [-0.25, -0.2) is 0 Å². The monoisotopic (exact) mass is 390 g/mol. The maximum Gasteiger partial charge on any atom is 0.241 e. The van der Waals surface area contributed by atoms with Crippen LogP contribution in [-0.4, -0.2) is 41.1 Å². The van der Waals surface area contributed by atoms with Gasteiger partial charge in [0.05, 0.1) is 12.5 Å². The van der Waals surface area contributed by atoms with Gasteiger partial charge in [0.2, 0.25) is 17.6 Å². The zero-order chi connectivity index (χ0) is 20.2. The zero-order valence-corrected chi connectivity index (χ0v) is 16.9. The summed E-state index contributed by atoms with van der Waals surface area (Å²) in [6.07, 6.45) is 1.89. The van der Waals surface area contributed by atoms with Gasteiger partial charge in [0, 0.05) is 24.8 Å². The lowest BCUT2D eigenvalue weighted by atomic mass is 9.96. The number of hydrogen-bond acceptors (Lipinski definition) is 5. The van der Waals surface area contributed by atoms with Crippen LogP contribution in [0.1, 0.15) is 24.3 Å². The second-order valence-corrected chi connectivity index (χ2v) is 7.68. The number of anilines is 1. The van der Waals surface area contributed by atoms with Gasteiger partial charge in [0.15, 0.2) is 0 Å². The SMILES string of the molecule is Cc1ccc(-c2noc(CN3CCCC(C(=O)N(C)c4ccccc4)C3)n2)cc1. The van der Waals surface area contributed by atoms with E-state index >= 15 is 0 Å². The first kappa shape index (κ1) is 19.3. The molecule has 1 amide bonds. The van der Waals surface area contributed by atoms with E-state index in [1.54, 1.807) is 4.90 Å². The summed E-state index contributed by atoms with van der Waals surface area (Å²) in [7, 11) is 1.85. The highest BCUT2D eigenvalue weighted by atomic mass is 16.5. The van der Waals surface area contributed by atoms with E-state index in [9.17, 15) is 4.79 Å². The smallest absolute Gasteiger partial charge is 0.241 e. The van der Waals surface area contributed by atoms with E-state index in [2.05, 4.69) is 22.0 Å². The van der Waals surface area contributed by atoms with Gasteiger partial charge in [0.25, 0.3) is 0 Å². The lowest BCUT2D eigenvalue weighted by Gasteiger charge is -2.33. The van der Waals surface area contributed by atoms with Crippen molar-refractivity contribution in [2.24, 2.45) is 5.92 Å². The molecule has 0 radical (unpaired) electrons. The molecule has 1 fully saturated rings. The third-order valence-corrected chi connectivity index (χ3v) is 5.47. The van der Waals surface area contributed by atoms with Crippen LogP contribution in [0.25, 0.3) is 11.4 Å². The number of piperidine rings is 1. The number of nitrogens with zero attached hydrogens (tertiary/aromatic N) is 4. The van der Waals surface area contributed by atoms with E-state index in [4.69, 9.17) is 4.52 Å². The van der Waals surface area contributed by atoms with Crippen molar-refractivity contribution < 1.29 is 9.32 Å². The van der Waals surface area contributed by atoms with E-state index in [0.29, 0.717) is 24.8 Å². The van der Waals surface area contributed by atoms with E-state index < -0.39 is 0 Å². The number of aryl methyl sites for hydroxylation is 1. The fraction of sp³-hybridized carbons (Fsp3) is 0.348. The Hall–Kier alpha value is -2.99. The molecule has 0 saturated carbocycles. The van der Waals surface area contributed by atoms with E-state index in [1.807, 2.05) is 61.6 Å². The standard InChI is InChI=1S/C23H26N4O2/c1-17-10-12-18(13-11-17)22-24-21(29-25-22)16-27-14-6-7-19(15-27)23(28)26(2)20-8-4-3-5-9-20/h3-5,8-13,19H,6-7,14-16H2,1-2H3. The molecule has 6 nitrogen and oxygen atoms in total. The highest BCUT2D eigenvalue weighted by molar-refractivity contribution is 5.94. The van der Waals surface area contributed by atoms with Crippen LogP contribution in [0.15, 0.2) is 59.1 Å². The van der Waals surface area contributed by atoms with Crippen molar-refractivity contribution in [1.82, 2.24) is 15.0 Å². The van der Waals surface area contributed by atoms with Crippen molar-refractivity contribution in [2.45, 2.75) is 26.3 Å². The number of rotatable bonds is 5. The number of hydrogen-bond donors (Lipinski definition) is 0. The van der Waals surface area contributed by atoms with Gasteiger partial charge in [0.1, 0.15) is 0 Å². The summed E-state index contributed by atoms with van der Waals surface area (Å²) in [6.45, 7) is 4.26. The number of para-hydroxylation sites is 1. The maximum absolute atomic E-state index is 13.0. The van der Waals surface area contributed by atoms with Gasteiger partial charge in [-0.3, -0.25) is 9.69 Å². The zero-order valence-electron chi connectivity index (χ0n) is 16.9. The summed E-state index contributed by atoms with van der Waals surface area (Å²) in [4.78, 5) is 21.5. The molecule has 1 aliphatic heterocycles. The molecule has 150 valence electrons. The predicted octanol–water partition coefficient (Wildman–Crippen LogP) is 3.92. The normalized spacial score (nSPS) is 17.2. The fourth-order valence-electron chi connectivity index (χ4n) is 3.78. The Kier molecular flexibility index (Phi) is 5.71. The molecular formula is C23H26N4O2. The van der Waals surface area contributed by atoms with Gasteiger partial charge in [-0.15, -0.1) is 0 Å². The van der Waals surface area contributed by atoms with Crippen molar-refractivity contribution >= 4 is 11.6 Å².